The Labute approximate surface area is 184 Å². The molecule has 2 fully saturated rings. The van der Waals surface area contributed by atoms with E-state index < -0.39 is 0 Å². The van der Waals surface area contributed by atoms with E-state index in [1.165, 1.54) is 0 Å². The van der Waals surface area contributed by atoms with Crippen molar-refractivity contribution in [3.8, 4) is 0 Å². The standard InChI is InChI=1S/C23H35N5O3/c1-17-6-2-9-20(14-17)26-23(31)28-13-4-8-19(16-28)22(30)25-10-5-12-27-11-3-7-18(15-27)21(24)29/h2,6,9,14,18-19H,3-5,7-8,10-13,15-16H2,1H3,(H2,24,29)(H,25,30)(H,26,31). The highest BCUT2D eigenvalue weighted by molar-refractivity contribution is 5.90. The Morgan fingerprint density at radius 1 is 1.10 bits per heavy atom. The lowest BCUT2D eigenvalue weighted by Crippen LogP contribution is -2.47. The van der Waals surface area contributed by atoms with Crippen LogP contribution in [0.15, 0.2) is 24.3 Å². The fourth-order valence-electron chi connectivity index (χ4n) is 4.45. The van der Waals surface area contributed by atoms with Gasteiger partial charge in [-0.25, -0.2) is 4.79 Å². The predicted molar refractivity (Wildman–Crippen MR) is 120 cm³/mol. The van der Waals surface area contributed by atoms with Gasteiger partial charge in [-0.1, -0.05) is 12.1 Å². The number of nitrogens with zero attached hydrogens (tertiary/aromatic N) is 2. The number of piperidine rings is 2. The third-order valence-electron chi connectivity index (χ3n) is 6.21. The van der Waals surface area contributed by atoms with Crippen LogP contribution in [0.1, 0.15) is 37.7 Å². The van der Waals surface area contributed by atoms with E-state index in [9.17, 15) is 14.4 Å². The Hall–Kier alpha value is -2.61. The number of primary amides is 1. The van der Waals surface area contributed by atoms with E-state index in [1.807, 2.05) is 31.2 Å². The molecule has 0 saturated carbocycles. The summed E-state index contributed by atoms with van der Waals surface area (Å²) in [6, 6.07) is 7.54. The highest BCUT2D eigenvalue weighted by Crippen LogP contribution is 2.19. The third-order valence-corrected chi connectivity index (χ3v) is 6.21. The molecule has 1 aromatic carbocycles. The number of benzene rings is 1. The van der Waals surface area contributed by atoms with Gasteiger partial charge in [0.25, 0.3) is 0 Å². The molecule has 2 saturated heterocycles. The minimum Gasteiger partial charge on any atom is -0.369 e. The number of nitrogens with two attached hydrogens (primary N) is 1. The first-order valence-electron chi connectivity index (χ1n) is 11.3. The highest BCUT2D eigenvalue weighted by atomic mass is 16.2. The van der Waals surface area contributed by atoms with E-state index in [-0.39, 0.29) is 29.7 Å². The molecular weight excluding hydrogens is 394 g/mol. The molecule has 1 aromatic rings. The van der Waals surface area contributed by atoms with E-state index >= 15 is 0 Å². The lowest BCUT2D eigenvalue weighted by molar-refractivity contribution is -0.126. The maximum absolute atomic E-state index is 12.6. The number of anilines is 1. The molecule has 4 N–H and O–H groups in total. The number of carbonyl (C=O) groups excluding carboxylic acids is 3. The van der Waals surface area contributed by atoms with Crippen LogP contribution in [0.25, 0.3) is 0 Å². The van der Waals surface area contributed by atoms with Gasteiger partial charge in [-0.2, -0.15) is 0 Å². The summed E-state index contributed by atoms with van der Waals surface area (Å²) in [6.07, 6.45) is 4.32. The van der Waals surface area contributed by atoms with Crippen LogP contribution in [-0.2, 0) is 9.59 Å². The van der Waals surface area contributed by atoms with Crippen molar-refractivity contribution >= 4 is 23.5 Å². The molecule has 0 bridgehead atoms. The maximum atomic E-state index is 12.6. The van der Waals surface area contributed by atoms with Crippen molar-refractivity contribution in [2.24, 2.45) is 17.6 Å². The van der Waals surface area contributed by atoms with Crippen LogP contribution in [0, 0.1) is 18.8 Å². The number of amides is 4. The summed E-state index contributed by atoms with van der Waals surface area (Å²) in [4.78, 5) is 40.6. The van der Waals surface area contributed by atoms with Crippen molar-refractivity contribution in [2.45, 2.75) is 39.0 Å². The molecule has 2 aliphatic heterocycles. The fourth-order valence-corrected chi connectivity index (χ4v) is 4.45. The topological polar surface area (TPSA) is 108 Å². The summed E-state index contributed by atoms with van der Waals surface area (Å²) >= 11 is 0. The Morgan fingerprint density at radius 3 is 2.65 bits per heavy atom. The van der Waals surface area contributed by atoms with Gasteiger partial charge in [0.05, 0.1) is 11.8 Å². The van der Waals surface area contributed by atoms with Crippen molar-refractivity contribution in [1.29, 1.82) is 0 Å². The molecule has 3 rings (SSSR count). The molecular formula is C23H35N5O3. The Morgan fingerprint density at radius 2 is 1.87 bits per heavy atom. The molecule has 31 heavy (non-hydrogen) atoms. The van der Waals surface area contributed by atoms with Gasteiger partial charge < -0.3 is 26.2 Å². The summed E-state index contributed by atoms with van der Waals surface area (Å²) in [5.41, 5.74) is 7.29. The number of carbonyl (C=O) groups is 3. The molecule has 8 nitrogen and oxygen atoms in total. The zero-order chi connectivity index (χ0) is 22.2. The van der Waals surface area contributed by atoms with Crippen LogP contribution in [0.4, 0.5) is 10.5 Å². The molecule has 0 aliphatic carbocycles. The maximum Gasteiger partial charge on any atom is 0.321 e. The van der Waals surface area contributed by atoms with E-state index in [4.69, 9.17) is 5.73 Å². The second kappa shape index (κ2) is 11.1. The largest absolute Gasteiger partial charge is 0.369 e. The smallest absolute Gasteiger partial charge is 0.321 e. The SMILES string of the molecule is Cc1cccc(NC(=O)N2CCCC(C(=O)NCCCN3CCCC(C(N)=O)C3)C2)c1. The predicted octanol–water partition coefficient (Wildman–Crippen LogP) is 1.94. The van der Waals surface area contributed by atoms with Crippen LogP contribution in [0.5, 0.6) is 0 Å². The number of hydrogen-bond donors (Lipinski definition) is 3. The monoisotopic (exact) mass is 429 g/mol. The highest BCUT2D eigenvalue weighted by Gasteiger charge is 2.28. The molecule has 2 aliphatic rings. The third kappa shape index (κ3) is 6.95. The first kappa shape index (κ1) is 23.1. The minimum absolute atomic E-state index is 0.0155. The quantitative estimate of drug-likeness (QED) is 0.576. The van der Waals surface area contributed by atoms with Crippen molar-refractivity contribution in [3.05, 3.63) is 29.8 Å². The van der Waals surface area contributed by atoms with Crippen molar-refractivity contribution in [3.63, 3.8) is 0 Å². The van der Waals surface area contributed by atoms with Gasteiger partial charge in [0, 0.05) is 31.9 Å². The second-order valence-electron chi connectivity index (χ2n) is 8.77. The molecule has 2 atom stereocenters. The molecule has 4 amide bonds. The second-order valence-corrected chi connectivity index (χ2v) is 8.77. The number of urea groups is 1. The molecule has 2 unspecified atom stereocenters. The van der Waals surface area contributed by atoms with E-state index in [1.54, 1.807) is 4.90 Å². The van der Waals surface area contributed by atoms with Gasteiger partial charge in [-0.3, -0.25) is 9.59 Å². The van der Waals surface area contributed by atoms with Gasteiger partial charge in [0.15, 0.2) is 0 Å². The fraction of sp³-hybridized carbons (Fsp3) is 0.609. The van der Waals surface area contributed by atoms with E-state index in [2.05, 4.69) is 15.5 Å². The lowest BCUT2D eigenvalue weighted by atomic mass is 9.97. The number of rotatable bonds is 7. The Balaban J connectivity index is 1.38. The van der Waals surface area contributed by atoms with Gasteiger partial charge in [-0.15, -0.1) is 0 Å². The van der Waals surface area contributed by atoms with Crippen LogP contribution < -0.4 is 16.4 Å². The van der Waals surface area contributed by atoms with Crippen molar-refractivity contribution < 1.29 is 14.4 Å². The van der Waals surface area contributed by atoms with Gasteiger partial charge in [-0.05, 0) is 69.8 Å². The number of likely N-dealkylation sites (tertiary alicyclic amines) is 2. The lowest BCUT2D eigenvalue weighted by Gasteiger charge is -2.32. The van der Waals surface area contributed by atoms with Crippen LogP contribution in [0.2, 0.25) is 0 Å². The van der Waals surface area contributed by atoms with Gasteiger partial charge in [0.1, 0.15) is 0 Å². The van der Waals surface area contributed by atoms with Gasteiger partial charge >= 0.3 is 6.03 Å². The zero-order valence-corrected chi connectivity index (χ0v) is 18.4. The van der Waals surface area contributed by atoms with Crippen LogP contribution >= 0.6 is 0 Å². The van der Waals surface area contributed by atoms with E-state index in [0.29, 0.717) is 19.6 Å². The summed E-state index contributed by atoms with van der Waals surface area (Å²) in [5.74, 6) is -0.429. The summed E-state index contributed by atoms with van der Waals surface area (Å²) in [5, 5.41) is 5.96. The molecule has 2 heterocycles. The normalized spacial score (nSPS) is 22.0. The number of hydrogen-bond acceptors (Lipinski definition) is 4. The van der Waals surface area contributed by atoms with Crippen molar-refractivity contribution in [1.82, 2.24) is 15.1 Å². The number of nitrogens with one attached hydrogen (secondary N) is 2. The minimum atomic E-state index is -0.216. The first-order chi connectivity index (χ1) is 14.9. The van der Waals surface area contributed by atoms with Crippen LogP contribution in [-0.4, -0.2) is 66.9 Å². The van der Waals surface area contributed by atoms with Crippen LogP contribution in [0.3, 0.4) is 0 Å². The first-order valence-corrected chi connectivity index (χ1v) is 11.3. The molecule has 0 aromatic heterocycles. The molecule has 0 spiro atoms. The molecule has 0 radical (unpaired) electrons. The Bertz CT molecular complexity index is 784. The molecule has 8 heteroatoms. The van der Waals surface area contributed by atoms with Crippen molar-refractivity contribution in [2.75, 3.05) is 44.6 Å². The summed E-state index contributed by atoms with van der Waals surface area (Å²) in [7, 11) is 0. The molecule has 170 valence electrons. The van der Waals surface area contributed by atoms with Gasteiger partial charge in [0.2, 0.25) is 11.8 Å². The zero-order valence-electron chi connectivity index (χ0n) is 18.4. The number of aryl methyl sites for hydroxylation is 1. The Kier molecular flexibility index (Phi) is 8.28. The summed E-state index contributed by atoms with van der Waals surface area (Å²) in [6.45, 7) is 6.23. The van der Waals surface area contributed by atoms with E-state index in [0.717, 1.165) is 63.0 Å². The summed E-state index contributed by atoms with van der Waals surface area (Å²) < 4.78 is 0. The average Bonchev–Trinajstić information content (AvgIpc) is 2.77. The average molecular weight is 430 g/mol.